The van der Waals surface area contributed by atoms with Crippen LogP contribution in [0.15, 0.2) is 17.1 Å². The molecule has 1 aromatic heterocycles. The summed E-state index contributed by atoms with van der Waals surface area (Å²) in [5.41, 5.74) is 0.590. The molecule has 2 heterocycles. The number of aliphatic carboxylic acids is 1. The fourth-order valence-electron chi connectivity index (χ4n) is 2.45. The summed E-state index contributed by atoms with van der Waals surface area (Å²) in [6, 6.07) is 1.55. The third-order valence-corrected chi connectivity index (χ3v) is 3.61. The van der Waals surface area contributed by atoms with E-state index in [9.17, 15) is 9.59 Å². The number of anilines is 1. The largest absolute Gasteiger partial charge is 0.479 e. The summed E-state index contributed by atoms with van der Waals surface area (Å²) < 4.78 is 6.72. The Morgan fingerprint density at radius 3 is 2.90 bits per heavy atom. The number of carbonyl (C=O) groups is 1. The highest BCUT2D eigenvalue weighted by atomic mass is 16.5. The van der Waals surface area contributed by atoms with Gasteiger partial charge in [-0.3, -0.25) is 4.79 Å². The van der Waals surface area contributed by atoms with Crippen LogP contribution in [-0.2, 0) is 16.1 Å². The summed E-state index contributed by atoms with van der Waals surface area (Å²) in [6.07, 6.45) is 2.72. The average molecular weight is 295 g/mol. The van der Waals surface area contributed by atoms with Crippen molar-refractivity contribution in [1.82, 2.24) is 9.78 Å². The van der Waals surface area contributed by atoms with E-state index in [1.165, 1.54) is 4.68 Å². The van der Waals surface area contributed by atoms with Gasteiger partial charge in [-0.25, -0.2) is 9.48 Å². The molecule has 0 amide bonds. The molecule has 0 bridgehead atoms. The molecule has 1 aromatic rings. The average Bonchev–Trinajstić information content (AvgIpc) is 2.90. The van der Waals surface area contributed by atoms with E-state index in [1.54, 1.807) is 12.3 Å². The molecule has 7 heteroatoms. The SMILES string of the molecule is CCCN(C)c1cnn(CC2CCC(C(=O)O)O2)c(=O)c1. The van der Waals surface area contributed by atoms with Crippen LogP contribution in [-0.4, -0.2) is 46.7 Å². The van der Waals surface area contributed by atoms with Crippen LogP contribution in [0.2, 0.25) is 0 Å². The molecule has 2 rings (SSSR count). The minimum absolute atomic E-state index is 0.196. The number of ether oxygens (including phenoxy) is 1. The van der Waals surface area contributed by atoms with E-state index in [2.05, 4.69) is 12.0 Å². The number of rotatable bonds is 6. The van der Waals surface area contributed by atoms with Crippen molar-refractivity contribution in [3.63, 3.8) is 0 Å². The number of hydrogen-bond donors (Lipinski definition) is 1. The van der Waals surface area contributed by atoms with Gasteiger partial charge in [0.1, 0.15) is 0 Å². The normalized spacial score (nSPS) is 21.4. The minimum atomic E-state index is -0.950. The number of carboxylic acid groups (broad SMARTS) is 1. The Morgan fingerprint density at radius 1 is 1.57 bits per heavy atom. The van der Waals surface area contributed by atoms with Crippen molar-refractivity contribution in [2.75, 3.05) is 18.5 Å². The third kappa shape index (κ3) is 3.81. The second kappa shape index (κ2) is 6.71. The fourth-order valence-corrected chi connectivity index (χ4v) is 2.45. The zero-order valence-corrected chi connectivity index (χ0v) is 12.4. The zero-order chi connectivity index (χ0) is 15.4. The quantitative estimate of drug-likeness (QED) is 0.832. The van der Waals surface area contributed by atoms with Crippen molar-refractivity contribution >= 4 is 11.7 Å². The molecule has 0 aliphatic carbocycles. The Morgan fingerprint density at radius 2 is 2.33 bits per heavy atom. The van der Waals surface area contributed by atoms with E-state index in [0.717, 1.165) is 18.7 Å². The molecule has 21 heavy (non-hydrogen) atoms. The highest BCUT2D eigenvalue weighted by Crippen LogP contribution is 2.20. The first kappa shape index (κ1) is 15.5. The van der Waals surface area contributed by atoms with E-state index < -0.39 is 12.1 Å². The summed E-state index contributed by atoms with van der Waals surface area (Å²) in [6.45, 7) is 3.22. The lowest BCUT2D eigenvalue weighted by atomic mass is 10.2. The Balaban J connectivity index is 2.02. The molecule has 2 atom stereocenters. The lowest BCUT2D eigenvalue weighted by Gasteiger charge is -2.18. The minimum Gasteiger partial charge on any atom is -0.479 e. The van der Waals surface area contributed by atoms with Crippen molar-refractivity contribution in [3.05, 3.63) is 22.6 Å². The summed E-state index contributed by atoms with van der Waals surface area (Å²) >= 11 is 0. The molecule has 1 saturated heterocycles. The third-order valence-electron chi connectivity index (χ3n) is 3.61. The van der Waals surface area contributed by atoms with Crippen molar-refractivity contribution in [1.29, 1.82) is 0 Å². The van der Waals surface area contributed by atoms with Gasteiger partial charge in [0.05, 0.1) is 24.5 Å². The highest BCUT2D eigenvalue weighted by Gasteiger charge is 2.30. The van der Waals surface area contributed by atoms with Gasteiger partial charge in [0.25, 0.3) is 5.56 Å². The molecule has 1 aliphatic rings. The van der Waals surface area contributed by atoms with Crippen molar-refractivity contribution < 1.29 is 14.6 Å². The Labute approximate surface area is 123 Å². The second-order valence-corrected chi connectivity index (χ2v) is 5.32. The molecule has 0 radical (unpaired) electrons. The molecule has 0 saturated carbocycles. The van der Waals surface area contributed by atoms with Gasteiger partial charge >= 0.3 is 5.97 Å². The molecule has 116 valence electrons. The molecule has 2 unspecified atom stereocenters. The smallest absolute Gasteiger partial charge is 0.332 e. The van der Waals surface area contributed by atoms with Crippen LogP contribution >= 0.6 is 0 Å². The fraction of sp³-hybridized carbons (Fsp3) is 0.643. The van der Waals surface area contributed by atoms with E-state index in [-0.39, 0.29) is 11.7 Å². The molecule has 1 fully saturated rings. The van der Waals surface area contributed by atoms with Crippen molar-refractivity contribution in [2.45, 2.75) is 44.9 Å². The maximum Gasteiger partial charge on any atom is 0.332 e. The second-order valence-electron chi connectivity index (χ2n) is 5.32. The summed E-state index contributed by atoms with van der Waals surface area (Å²) in [5.74, 6) is -0.950. The van der Waals surface area contributed by atoms with E-state index in [1.807, 2.05) is 11.9 Å². The molecule has 1 N–H and O–H groups in total. The molecular formula is C14H21N3O4. The Hall–Kier alpha value is -1.89. The first-order valence-corrected chi connectivity index (χ1v) is 7.17. The molecule has 1 aliphatic heterocycles. The van der Waals surface area contributed by atoms with Crippen LogP contribution in [0.1, 0.15) is 26.2 Å². The van der Waals surface area contributed by atoms with Crippen LogP contribution < -0.4 is 10.5 Å². The first-order chi connectivity index (χ1) is 10.0. The lowest BCUT2D eigenvalue weighted by molar-refractivity contribution is -0.149. The van der Waals surface area contributed by atoms with Gasteiger partial charge in [0.15, 0.2) is 6.10 Å². The van der Waals surface area contributed by atoms with Crippen LogP contribution in [0, 0.1) is 0 Å². The van der Waals surface area contributed by atoms with Gasteiger partial charge in [-0.05, 0) is 19.3 Å². The monoisotopic (exact) mass is 295 g/mol. The molecule has 7 nitrogen and oxygen atoms in total. The predicted molar refractivity (Wildman–Crippen MR) is 77.6 cm³/mol. The highest BCUT2D eigenvalue weighted by molar-refractivity contribution is 5.72. The van der Waals surface area contributed by atoms with Gasteiger partial charge in [0, 0.05) is 19.7 Å². The standard InChI is InChI=1S/C14H21N3O4/c1-3-6-16(2)10-7-13(18)17(15-8-10)9-11-4-5-12(21-11)14(19)20/h7-8,11-12H,3-6,9H2,1-2H3,(H,19,20). The molecular weight excluding hydrogens is 274 g/mol. The van der Waals surface area contributed by atoms with Crippen LogP contribution in [0.25, 0.3) is 0 Å². The number of aromatic nitrogens is 2. The lowest BCUT2D eigenvalue weighted by Crippen LogP contribution is -2.31. The topological polar surface area (TPSA) is 84.7 Å². The molecule has 0 spiro atoms. The molecule has 0 aromatic carbocycles. The van der Waals surface area contributed by atoms with Gasteiger partial charge in [-0.15, -0.1) is 0 Å². The van der Waals surface area contributed by atoms with Crippen LogP contribution in [0.5, 0.6) is 0 Å². The van der Waals surface area contributed by atoms with Gasteiger partial charge in [0.2, 0.25) is 0 Å². The predicted octanol–water partition coefficient (Wildman–Crippen LogP) is 0.722. The number of carboxylic acids is 1. The van der Waals surface area contributed by atoms with Crippen LogP contribution in [0.3, 0.4) is 0 Å². The number of hydrogen-bond acceptors (Lipinski definition) is 5. The maximum absolute atomic E-state index is 12.1. The van der Waals surface area contributed by atoms with Crippen molar-refractivity contribution in [2.24, 2.45) is 0 Å². The van der Waals surface area contributed by atoms with E-state index in [0.29, 0.717) is 19.4 Å². The van der Waals surface area contributed by atoms with E-state index >= 15 is 0 Å². The first-order valence-electron chi connectivity index (χ1n) is 7.17. The Kier molecular flexibility index (Phi) is 4.95. The van der Waals surface area contributed by atoms with Gasteiger partial charge in [-0.1, -0.05) is 6.92 Å². The number of nitrogens with zero attached hydrogens (tertiary/aromatic N) is 3. The van der Waals surface area contributed by atoms with Crippen molar-refractivity contribution in [3.8, 4) is 0 Å². The van der Waals surface area contributed by atoms with E-state index in [4.69, 9.17) is 9.84 Å². The summed E-state index contributed by atoms with van der Waals surface area (Å²) in [5, 5.41) is 13.0. The zero-order valence-electron chi connectivity index (χ0n) is 12.4. The van der Waals surface area contributed by atoms with Gasteiger partial charge in [-0.2, -0.15) is 5.10 Å². The van der Waals surface area contributed by atoms with Gasteiger partial charge < -0.3 is 14.7 Å². The Bertz CT molecular complexity index is 557. The maximum atomic E-state index is 12.1. The summed E-state index contributed by atoms with van der Waals surface area (Å²) in [4.78, 5) is 24.9. The summed E-state index contributed by atoms with van der Waals surface area (Å²) in [7, 11) is 1.92. The van der Waals surface area contributed by atoms with Crippen LogP contribution in [0.4, 0.5) is 5.69 Å².